The zero-order chi connectivity index (χ0) is 20.4. The van der Waals surface area contributed by atoms with Gasteiger partial charge in [-0.15, -0.1) is 21.5 Å². The molecule has 0 bridgehead atoms. The Kier molecular flexibility index (Phi) is 5.41. The summed E-state index contributed by atoms with van der Waals surface area (Å²) in [5, 5.41) is 13.2. The van der Waals surface area contributed by atoms with E-state index in [1.165, 1.54) is 11.8 Å². The van der Waals surface area contributed by atoms with Crippen LogP contribution >= 0.6 is 23.1 Å². The first-order valence-electron chi connectivity index (χ1n) is 8.28. The summed E-state index contributed by atoms with van der Waals surface area (Å²) in [6.07, 6.45) is 1.54. The van der Waals surface area contributed by atoms with Crippen molar-refractivity contribution in [3.63, 3.8) is 0 Å². The van der Waals surface area contributed by atoms with Crippen LogP contribution in [-0.2, 0) is 11.8 Å². The second-order valence-electron chi connectivity index (χ2n) is 5.84. The molecule has 0 saturated heterocycles. The minimum atomic E-state index is -0.584. The Hall–Kier alpha value is -3.05. The van der Waals surface area contributed by atoms with Gasteiger partial charge in [0, 0.05) is 18.0 Å². The first kappa shape index (κ1) is 19.3. The normalized spacial score (nSPS) is 11.0. The summed E-state index contributed by atoms with van der Waals surface area (Å²) in [7, 11) is 1.78. The molecule has 0 saturated carbocycles. The van der Waals surface area contributed by atoms with Crippen LogP contribution in [-0.4, -0.2) is 31.4 Å². The lowest BCUT2D eigenvalue weighted by Gasteiger charge is -2.03. The smallest absolute Gasteiger partial charge is 0.236 e. The van der Waals surface area contributed by atoms with Gasteiger partial charge in [-0.2, -0.15) is 0 Å². The van der Waals surface area contributed by atoms with Gasteiger partial charge in [0.25, 0.3) is 0 Å². The van der Waals surface area contributed by atoms with Gasteiger partial charge in [0.05, 0.1) is 17.7 Å². The molecule has 0 radical (unpaired) electrons. The largest absolute Gasteiger partial charge is 0.461 e. The molecule has 0 spiro atoms. The molecule has 11 heteroatoms. The molecule has 0 aliphatic rings. The van der Waals surface area contributed by atoms with Gasteiger partial charge >= 0.3 is 0 Å². The van der Waals surface area contributed by atoms with E-state index in [9.17, 15) is 13.6 Å². The van der Waals surface area contributed by atoms with Crippen LogP contribution in [0.4, 0.5) is 13.9 Å². The van der Waals surface area contributed by atoms with Gasteiger partial charge in [-0.05, 0) is 30.3 Å². The van der Waals surface area contributed by atoms with E-state index < -0.39 is 11.6 Å². The third kappa shape index (κ3) is 4.20. The van der Waals surface area contributed by atoms with E-state index in [1.54, 1.807) is 35.4 Å². The van der Waals surface area contributed by atoms with Gasteiger partial charge < -0.3 is 14.3 Å². The molecule has 1 amide bonds. The van der Waals surface area contributed by atoms with Crippen molar-refractivity contribution in [2.75, 3.05) is 11.1 Å². The monoisotopic (exact) mass is 433 g/mol. The summed E-state index contributed by atoms with van der Waals surface area (Å²) >= 11 is 2.33. The third-order valence-electron chi connectivity index (χ3n) is 3.86. The summed E-state index contributed by atoms with van der Waals surface area (Å²) in [5.41, 5.74) is 0.298. The zero-order valence-electron chi connectivity index (χ0n) is 14.9. The molecule has 0 aliphatic carbocycles. The van der Waals surface area contributed by atoms with Crippen LogP contribution in [0.2, 0.25) is 0 Å². The molecular weight excluding hydrogens is 420 g/mol. The van der Waals surface area contributed by atoms with Crippen LogP contribution in [0.5, 0.6) is 0 Å². The average molecular weight is 433 g/mol. The first-order chi connectivity index (χ1) is 14.0. The number of thioether (sulfide) groups is 1. The summed E-state index contributed by atoms with van der Waals surface area (Å²) in [4.78, 5) is 16.4. The molecule has 1 aromatic carbocycles. The number of carbonyl (C=O) groups is 1. The highest BCUT2D eigenvalue weighted by atomic mass is 32.2. The quantitative estimate of drug-likeness (QED) is 0.459. The fourth-order valence-electron chi connectivity index (χ4n) is 2.50. The van der Waals surface area contributed by atoms with Gasteiger partial charge in [-0.1, -0.05) is 11.8 Å². The molecule has 1 N–H and O–H groups in total. The zero-order valence-corrected chi connectivity index (χ0v) is 16.6. The first-order valence-corrected chi connectivity index (χ1v) is 10.1. The highest BCUT2D eigenvalue weighted by molar-refractivity contribution is 7.99. The van der Waals surface area contributed by atoms with Gasteiger partial charge in [0.2, 0.25) is 5.91 Å². The standard InChI is InChI=1S/C18H13F2N5O2S2/c1-25-16(14-3-2-6-27-14)23-24-18(25)29-9-15(26)22-17-21-13(8-28-17)11-7-10(19)4-5-12(11)20/h2-8H,9H2,1H3,(H,21,22,26). The maximum absolute atomic E-state index is 13.9. The molecule has 7 nitrogen and oxygen atoms in total. The second-order valence-corrected chi connectivity index (χ2v) is 7.64. The highest BCUT2D eigenvalue weighted by Crippen LogP contribution is 2.28. The van der Waals surface area contributed by atoms with Crippen molar-refractivity contribution >= 4 is 34.1 Å². The number of thiazole rings is 1. The number of nitrogens with zero attached hydrogens (tertiary/aromatic N) is 4. The molecule has 4 rings (SSSR count). The molecule has 3 aromatic heterocycles. The molecule has 4 aromatic rings. The summed E-state index contributed by atoms with van der Waals surface area (Å²) in [5.74, 6) is -0.240. The lowest BCUT2D eigenvalue weighted by atomic mass is 10.1. The number of hydrogen-bond acceptors (Lipinski definition) is 7. The summed E-state index contributed by atoms with van der Waals surface area (Å²) < 4.78 is 34.2. The van der Waals surface area contributed by atoms with E-state index >= 15 is 0 Å². The molecular formula is C18H13F2N5O2S2. The Morgan fingerprint density at radius 1 is 1.31 bits per heavy atom. The van der Waals surface area contributed by atoms with Gasteiger partial charge in [-0.3, -0.25) is 4.79 Å². The van der Waals surface area contributed by atoms with Crippen LogP contribution in [0.1, 0.15) is 0 Å². The molecule has 0 fully saturated rings. The Bertz CT molecular complexity index is 1160. The van der Waals surface area contributed by atoms with Crippen LogP contribution in [0.25, 0.3) is 22.8 Å². The number of nitrogens with one attached hydrogen (secondary N) is 1. The maximum Gasteiger partial charge on any atom is 0.236 e. The molecule has 148 valence electrons. The Morgan fingerprint density at radius 3 is 2.97 bits per heavy atom. The average Bonchev–Trinajstić information content (AvgIpc) is 3.44. The Balaban J connectivity index is 1.39. The lowest BCUT2D eigenvalue weighted by Crippen LogP contribution is -2.14. The minimum absolute atomic E-state index is 0.0423. The van der Waals surface area contributed by atoms with Crippen molar-refractivity contribution in [2.45, 2.75) is 5.16 Å². The number of furan rings is 1. The van der Waals surface area contributed by atoms with Gasteiger partial charge in [0.1, 0.15) is 11.6 Å². The van der Waals surface area contributed by atoms with Gasteiger partial charge in [-0.25, -0.2) is 13.8 Å². The Labute approximate surface area is 171 Å². The lowest BCUT2D eigenvalue weighted by molar-refractivity contribution is -0.113. The molecule has 29 heavy (non-hydrogen) atoms. The van der Waals surface area contributed by atoms with Crippen LogP contribution in [0.3, 0.4) is 0 Å². The van der Waals surface area contributed by atoms with Gasteiger partial charge in [0.15, 0.2) is 21.9 Å². The molecule has 3 heterocycles. The molecule has 0 unspecified atom stereocenters. The molecule has 0 atom stereocenters. The van der Waals surface area contributed by atoms with E-state index in [1.807, 2.05) is 0 Å². The van der Waals surface area contributed by atoms with Crippen molar-refractivity contribution in [1.29, 1.82) is 0 Å². The van der Waals surface area contributed by atoms with E-state index in [2.05, 4.69) is 20.5 Å². The number of carbonyl (C=O) groups excluding carboxylic acids is 1. The Morgan fingerprint density at radius 2 is 2.17 bits per heavy atom. The second kappa shape index (κ2) is 8.13. The SMILES string of the molecule is Cn1c(SCC(=O)Nc2nc(-c3cc(F)ccc3F)cs2)nnc1-c1ccco1. The maximum atomic E-state index is 13.9. The minimum Gasteiger partial charge on any atom is -0.461 e. The number of aromatic nitrogens is 4. The van der Waals surface area contributed by atoms with Crippen molar-refractivity contribution in [1.82, 2.24) is 19.7 Å². The van der Waals surface area contributed by atoms with E-state index in [4.69, 9.17) is 4.42 Å². The van der Waals surface area contributed by atoms with E-state index in [0.717, 1.165) is 29.5 Å². The number of rotatable bonds is 6. The van der Waals surface area contributed by atoms with Crippen molar-refractivity contribution < 1.29 is 18.0 Å². The van der Waals surface area contributed by atoms with Crippen LogP contribution in [0.15, 0.2) is 51.5 Å². The number of benzene rings is 1. The van der Waals surface area contributed by atoms with E-state index in [0.29, 0.717) is 21.9 Å². The third-order valence-corrected chi connectivity index (χ3v) is 5.64. The van der Waals surface area contributed by atoms with Crippen LogP contribution in [0, 0.1) is 11.6 Å². The van der Waals surface area contributed by atoms with Crippen molar-refractivity contribution in [3.8, 4) is 22.8 Å². The predicted molar refractivity (Wildman–Crippen MR) is 106 cm³/mol. The van der Waals surface area contributed by atoms with Crippen molar-refractivity contribution in [3.05, 3.63) is 53.6 Å². The molecule has 0 aliphatic heterocycles. The predicted octanol–water partition coefficient (Wildman–Crippen LogP) is 4.21. The fraction of sp³-hybridized carbons (Fsp3) is 0.111. The number of amides is 1. The summed E-state index contributed by atoms with van der Waals surface area (Å²) in [6.45, 7) is 0. The fourth-order valence-corrected chi connectivity index (χ4v) is 3.93. The number of hydrogen-bond donors (Lipinski definition) is 1. The number of anilines is 1. The van der Waals surface area contributed by atoms with Crippen molar-refractivity contribution in [2.24, 2.45) is 7.05 Å². The van der Waals surface area contributed by atoms with Crippen LogP contribution < -0.4 is 5.32 Å². The summed E-state index contributed by atoms with van der Waals surface area (Å²) in [6, 6.07) is 6.66. The number of halogens is 2. The highest BCUT2D eigenvalue weighted by Gasteiger charge is 2.16. The topological polar surface area (TPSA) is 85.8 Å². The van der Waals surface area contributed by atoms with E-state index in [-0.39, 0.29) is 22.9 Å².